The van der Waals surface area contributed by atoms with E-state index in [1.54, 1.807) is 29.8 Å². The van der Waals surface area contributed by atoms with Crippen LogP contribution in [0.4, 0.5) is 0 Å². The molecule has 0 spiro atoms. The Morgan fingerprint density at radius 2 is 2.18 bits per heavy atom. The average molecular weight is 404 g/mol. The summed E-state index contributed by atoms with van der Waals surface area (Å²) in [6.45, 7) is 4.54. The largest absolute Gasteiger partial charge is 0.488 e. The number of furan rings is 1. The Morgan fingerprint density at radius 1 is 1.39 bits per heavy atom. The van der Waals surface area contributed by atoms with Gasteiger partial charge < -0.3 is 24.5 Å². The van der Waals surface area contributed by atoms with Gasteiger partial charge >= 0.3 is 0 Å². The van der Waals surface area contributed by atoms with Crippen LogP contribution in [0.3, 0.4) is 0 Å². The van der Waals surface area contributed by atoms with Crippen molar-refractivity contribution in [1.29, 1.82) is 0 Å². The molecular weight excluding hydrogens is 378 g/mol. The molecule has 2 heterocycles. The van der Waals surface area contributed by atoms with Crippen LogP contribution in [-0.4, -0.2) is 54.2 Å². The second-order valence-corrected chi connectivity index (χ2v) is 7.90. The third kappa shape index (κ3) is 4.52. The zero-order valence-electron chi connectivity index (χ0n) is 16.5. The van der Waals surface area contributed by atoms with Crippen molar-refractivity contribution in [3.8, 4) is 5.75 Å². The van der Waals surface area contributed by atoms with Gasteiger partial charge in [0.05, 0.1) is 34.3 Å². The Morgan fingerprint density at radius 3 is 2.82 bits per heavy atom. The molecule has 0 fully saturated rings. The van der Waals surface area contributed by atoms with Crippen LogP contribution in [0.2, 0.25) is 0 Å². The highest BCUT2D eigenvalue weighted by atomic mass is 32.1. The second kappa shape index (κ2) is 8.72. The van der Waals surface area contributed by atoms with E-state index in [0.29, 0.717) is 41.2 Å². The third-order valence-electron chi connectivity index (χ3n) is 4.42. The van der Waals surface area contributed by atoms with E-state index in [0.717, 1.165) is 10.6 Å². The number of amides is 1. The van der Waals surface area contributed by atoms with Crippen LogP contribution in [0.1, 0.15) is 26.7 Å². The van der Waals surface area contributed by atoms with Gasteiger partial charge in [0.15, 0.2) is 0 Å². The lowest BCUT2D eigenvalue weighted by atomic mass is 10.1. The number of aliphatic hydroxyl groups excluding tert-OH is 1. The van der Waals surface area contributed by atoms with Gasteiger partial charge in [-0.25, -0.2) is 4.98 Å². The van der Waals surface area contributed by atoms with Crippen molar-refractivity contribution in [2.75, 3.05) is 27.2 Å². The van der Waals surface area contributed by atoms with Crippen molar-refractivity contribution in [3.05, 3.63) is 45.6 Å². The molecule has 3 aromatic rings. The van der Waals surface area contributed by atoms with Crippen molar-refractivity contribution in [1.82, 2.24) is 15.2 Å². The number of benzene rings is 1. The smallest absolute Gasteiger partial charge is 0.255 e. The van der Waals surface area contributed by atoms with Gasteiger partial charge in [0.1, 0.15) is 23.7 Å². The van der Waals surface area contributed by atoms with Gasteiger partial charge in [-0.2, -0.15) is 0 Å². The number of rotatable bonds is 8. The van der Waals surface area contributed by atoms with E-state index in [1.807, 2.05) is 38.1 Å². The fraction of sp³-hybridized carbons (Fsp3) is 0.400. The number of aromatic nitrogens is 1. The number of nitrogens with one attached hydrogen (secondary N) is 1. The number of thiazole rings is 1. The molecule has 0 radical (unpaired) electrons. The van der Waals surface area contributed by atoms with E-state index in [4.69, 9.17) is 9.15 Å². The lowest BCUT2D eigenvalue weighted by molar-refractivity contribution is 0.0904. The van der Waals surface area contributed by atoms with Crippen LogP contribution in [0.5, 0.6) is 5.75 Å². The Balaban J connectivity index is 1.82. The van der Waals surface area contributed by atoms with Crippen LogP contribution in [-0.2, 0) is 6.61 Å². The average Bonchev–Trinajstić information content (AvgIpc) is 3.20. The summed E-state index contributed by atoms with van der Waals surface area (Å²) >= 11 is 1.55. The molecule has 8 heteroatoms. The molecular formula is C20H25N3O4S. The van der Waals surface area contributed by atoms with E-state index in [2.05, 4.69) is 10.3 Å². The van der Waals surface area contributed by atoms with Gasteiger partial charge in [-0.15, -0.1) is 11.3 Å². The number of hydrogen-bond donors (Lipinski definition) is 2. The second-order valence-electron chi connectivity index (χ2n) is 6.96. The molecule has 150 valence electrons. The van der Waals surface area contributed by atoms with Crippen molar-refractivity contribution < 1.29 is 19.1 Å². The van der Waals surface area contributed by atoms with Crippen molar-refractivity contribution in [2.45, 2.75) is 26.5 Å². The predicted octanol–water partition coefficient (Wildman–Crippen LogP) is 2.74. The number of fused-ring (bicyclic) bond motifs is 1. The van der Waals surface area contributed by atoms with Gasteiger partial charge in [-0.1, -0.05) is 0 Å². The molecule has 0 bridgehead atoms. The predicted molar refractivity (Wildman–Crippen MR) is 109 cm³/mol. The normalized spacial score (nSPS) is 12.5. The van der Waals surface area contributed by atoms with E-state index < -0.39 is 0 Å². The molecule has 3 rings (SSSR count). The molecule has 1 aromatic carbocycles. The molecule has 2 aromatic heterocycles. The quantitative estimate of drug-likeness (QED) is 0.601. The number of carbonyl (C=O) groups excluding carboxylic acids is 1. The standard InChI is InChI=1S/C20H25N3O4S/c1-12-18(28-11-21-12)10-26-15-5-6-17-16(7-15)19(13(2)27-17)20(25)22-14(9-24)8-23(3)4/h5-7,11,14,24H,8-10H2,1-4H3,(H,22,25). The number of nitrogens with zero attached hydrogens (tertiary/aromatic N) is 2. The summed E-state index contributed by atoms with van der Waals surface area (Å²) in [5.41, 5.74) is 3.84. The van der Waals surface area contributed by atoms with E-state index in [9.17, 15) is 9.90 Å². The molecule has 0 saturated heterocycles. The fourth-order valence-corrected chi connectivity index (χ4v) is 3.72. The highest BCUT2D eigenvalue weighted by molar-refractivity contribution is 7.09. The summed E-state index contributed by atoms with van der Waals surface area (Å²) in [6.07, 6.45) is 0. The van der Waals surface area contributed by atoms with Crippen molar-refractivity contribution in [2.24, 2.45) is 0 Å². The van der Waals surface area contributed by atoms with Crippen molar-refractivity contribution >= 4 is 28.2 Å². The van der Waals surface area contributed by atoms with Crippen LogP contribution in [0, 0.1) is 13.8 Å². The summed E-state index contributed by atoms with van der Waals surface area (Å²) in [5.74, 6) is 0.916. The molecule has 0 saturated carbocycles. The SMILES string of the molecule is Cc1ncsc1COc1ccc2oc(C)c(C(=O)NC(CO)CN(C)C)c2c1. The minimum Gasteiger partial charge on any atom is -0.488 e. The molecule has 1 amide bonds. The van der Waals surface area contributed by atoms with Crippen LogP contribution < -0.4 is 10.1 Å². The molecule has 0 aliphatic carbocycles. The Labute approximate surface area is 167 Å². The highest BCUT2D eigenvalue weighted by Crippen LogP contribution is 2.30. The van der Waals surface area contributed by atoms with E-state index >= 15 is 0 Å². The lowest BCUT2D eigenvalue weighted by Crippen LogP contribution is -2.44. The minimum absolute atomic E-state index is 0.138. The maximum absolute atomic E-state index is 12.8. The van der Waals surface area contributed by atoms with Crippen LogP contribution in [0.15, 0.2) is 28.1 Å². The maximum Gasteiger partial charge on any atom is 0.255 e. The lowest BCUT2D eigenvalue weighted by Gasteiger charge is -2.20. The van der Waals surface area contributed by atoms with Crippen molar-refractivity contribution in [3.63, 3.8) is 0 Å². The van der Waals surface area contributed by atoms with Gasteiger partial charge in [0.2, 0.25) is 0 Å². The first-order valence-corrected chi connectivity index (χ1v) is 9.88. The molecule has 1 atom stereocenters. The molecule has 28 heavy (non-hydrogen) atoms. The summed E-state index contributed by atoms with van der Waals surface area (Å²) in [5, 5.41) is 13.1. The number of carbonyl (C=O) groups is 1. The maximum atomic E-state index is 12.8. The minimum atomic E-state index is -0.361. The van der Waals surface area contributed by atoms with Gasteiger partial charge in [-0.05, 0) is 46.1 Å². The van der Waals surface area contributed by atoms with Gasteiger partial charge in [-0.3, -0.25) is 4.79 Å². The fourth-order valence-electron chi connectivity index (χ4n) is 3.03. The number of ether oxygens (including phenoxy) is 1. The topological polar surface area (TPSA) is 87.8 Å². The molecule has 7 nitrogen and oxygen atoms in total. The number of hydrogen-bond acceptors (Lipinski definition) is 7. The first-order valence-electron chi connectivity index (χ1n) is 9.00. The number of likely N-dealkylation sites (N-methyl/N-ethyl adjacent to an activating group) is 1. The molecule has 0 aliphatic rings. The first-order chi connectivity index (χ1) is 13.4. The number of aliphatic hydroxyl groups is 1. The van der Waals surface area contributed by atoms with E-state index in [1.165, 1.54) is 0 Å². The molecule has 0 aliphatic heterocycles. The Kier molecular flexibility index (Phi) is 6.33. The zero-order valence-corrected chi connectivity index (χ0v) is 17.3. The van der Waals surface area contributed by atoms with Gasteiger partial charge in [0, 0.05) is 11.9 Å². The Hall–Kier alpha value is -2.42. The summed E-state index contributed by atoms with van der Waals surface area (Å²) < 4.78 is 11.6. The summed E-state index contributed by atoms with van der Waals surface area (Å²) in [4.78, 5) is 20.0. The highest BCUT2D eigenvalue weighted by Gasteiger charge is 2.21. The third-order valence-corrected chi connectivity index (χ3v) is 5.33. The van der Waals surface area contributed by atoms with Gasteiger partial charge in [0.25, 0.3) is 5.91 Å². The van der Waals surface area contributed by atoms with Crippen LogP contribution in [0.25, 0.3) is 11.0 Å². The number of aryl methyl sites for hydroxylation is 2. The first kappa shape index (κ1) is 20.3. The summed E-state index contributed by atoms with van der Waals surface area (Å²) in [7, 11) is 3.78. The van der Waals surface area contributed by atoms with Crippen LogP contribution >= 0.6 is 11.3 Å². The monoisotopic (exact) mass is 403 g/mol. The van der Waals surface area contributed by atoms with E-state index in [-0.39, 0.29) is 18.6 Å². The summed E-state index contributed by atoms with van der Waals surface area (Å²) in [6, 6.07) is 5.08. The Bertz CT molecular complexity index is 964. The molecule has 1 unspecified atom stereocenters. The zero-order chi connectivity index (χ0) is 20.3. The molecule has 2 N–H and O–H groups in total.